The molecule has 1 aliphatic rings. The second-order valence-electron chi connectivity index (χ2n) is 7.43. The number of pyridine rings is 1. The van der Waals surface area contributed by atoms with Crippen LogP contribution in [-0.2, 0) is 12.8 Å². The minimum Gasteiger partial charge on any atom is -0.508 e. The highest BCUT2D eigenvalue weighted by molar-refractivity contribution is 5.89. The van der Waals surface area contributed by atoms with Crippen LogP contribution in [0.4, 0.5) is 11.4 Å². The largest absolute Gasteiger partial charge is 0.508 e. The number of benzene rings is 2. The highest BCUT2D eigenvalue weighted by Gasteiger charge is 2.09. The first-order chi connectivity index (χ1) is 15.2. The fourth-order valence-corrected chi connectivity index (χ4v) is 3.76. The second kappa shape index (κ2) is 9.14. The first-order valence-corrected chi connectivity index (χ1v) is 10.2. The third-order valence-corrected chi connectivity index (χ3v) is 5.37. The topological polar surface area (TPSA) is 97.2 Å². The molecule has 2 heterocycles. The summed E-state index contributed by atoms with van der Waals surface area (Å²) in [6, 6.07) is 18.9. The molecule has 6 nitrogen and oxygen atoms in total. The lowest BCUT2D eigenvalue weighted by Gasteiger charge is -2.14. The van der Waals surface area contributed by atoms with Crippen LogP contribution in [0.25, 0.3) is 5.52 Å². The Morgan fingerprint density at radius 1 is 1.03 bits per heavy atom. The van der Waals surface area contributed by atoms with Crippen LogP contribution in [0.15, 0.2) is 67.0 Å². The summed E-state index contributed by atoms with van der Waals surface area (Å²) < 4.78 is 1.76. The van der Waals surface area contributed by atoms with E-state index in [1.54, 1.807) is 28.9 Å². The number of hydrogen-bond acceptors (Lipinski definition) is 5. The van der Waals surface area contributed by atoms with E-state index in [1.807, 2.05) is 36.5 Å². The molecule has 0 fully saturated rings. The number of fused-ring (bicyclic) bond motifs is 2. The zero-order chi connectivity index (χ0) is 21.6. The van der Waals surface area contributed by atoms with Crippen LogP contribution in [0.2, 0.25) is 0 Å². The first-order valence-electron chi connectivity index (χ1n) is 10.2. The summed E-state index contributed by atoms with van der Waals surface area (Å²) >= 11 is 0. The first kappa shape index (κ1) is 20.2. The predicted molar refractivity (Wildman–Crippen MR) is 122 cm³/mol. The highest BCUT2D eigenvalue weighted by Crippen LogP contribution is 2.26. The molecule has 6 heteroatoms. The van der Waals surface area contributed by atoms with Crippen molar-refractivity contribution in [1.29, 1.82) is 10.7 Å². The lowest BCUT2D eigenvalue weighted by molar-refractivity contribution is 0.475. The number of anilines is 2. The lowest BCUT2D eigenvalue weighted by Crippen LogP contribution is -2.02. The van der Waals surface area contributed by atoms with Crippen molar-refractivity contribution in [2.45, 2.75) is 25.7 Å². The van der Waals surface area contributed by atoms with Gasteiger partial charge >= 0.3 is 0 Å². The maximum atomic E-state index is 9.54. The molecule has 0 unspecified atom stereocenters. The van der Waals surface area contributed by atoms with Crippen molar-refractivity contribution < 1.29 is 5.11 Å². The van der Waals surface area contributed by atoms with Crippen LogP contribution in [0, 0.1) is 16.7 Å². The Bertz CT molecular complexity index is 1270. The zero-order valence-electron chi connectivity index (χ0n) is 17.0. The van der Waals surface area contributed by atoms with Gasteiger partial charge in [0.25, 0.3) is 0 Å². The number of hydrogen-bond donors (Lipinski definition) is 3. The third-order valence-electron chi connectivity index (χ3n) is 5.37. The van der Waals surface area contributed by atoms with Gasteiger partial charge in [0, 0.05) is 24.0 Å². The van der Waals surface area contributed by atoms with Gasteiger partial charge < -0.3 is 15.8 Å². The number of rotatable bonds is 3. The zero-order valence-corrected chi connectivity index (χ0v) is 17.0. The summed E-state index contributed by atoms with van der Waals surface area (Å²) in [5.74, 6) is 0.157. The molecule has 0 saturated carbocycles. The normalized spacial score (nSPS) is 12.2. The van der Waals surface area contributed by atoms with E-state index in [4.69, 9.17) is 10.7 Å². The number of phenols is 1. The molecular weight excluding hydrogens is 386 g/mol. The number of nitriles is 1. The summed E-state index contributed by atoms with van der Waals surface area (Å²) in [7, 11) is 0. The van der Waals surface area contributed by atoms with Gasteiger partial charge in [0.2, 0.25) is 0 Å². The predicted octanol–water partition coefficient (Wildman–Crippen LogP) is 5.22. The molecule has 0 spiro atoms. The fourth-order valence-electron chi connectivity index (χ4n) is 3.76. The molecule has 2 aromatic heterocycles. The van der Waals surface area contributed by atoms with Gasteiger partial charge in [-0.25, -0.2) is 4.52 Å². The third kappa shape index (κ3) is 4.57. The van der Waals surface area contributed by atoms with E-state index in [-0.39, 0.29) is 5.75 Å². The molecule has 0 atom stereocenters. The summed E-state index contributed by atoms with van der Waals surface area (Å²) in [4.78, 5) is 0. The smallest absolute Gasteiger partial charge is 0.117 e. The molecule has 0 amide bonds. The molecule has 0 aliphatic heterocycles. The van der Waals surface area contributed by atoms with Crippen LogP contribution >= 0.6 is 0 Å². The molecule has 0 saturated heterocycles. The molecule has 2 aromatic carbocycles. The number of nitrogens with one attached hydrogen (secondary N) is 2. The quantitative estimate of drug-likeness (QED) is 0.404. The molecule has 0 bridgehead atoms. The molecule has 5 rings (SSSR count). The number of nitrogens with zero attached hydrogens (tertiary/aromatic N) is 3. The molecule has 31 heavy (non-hydrogen) atoms. The van der Waals surface area contributed by atoms with E-state index in [0.29, 0.717) is 11.3 Å². The number of aromatic nitrogens is 2. The Balaban J connectivity index is 0.000000166. The van der Waals surface area contributed by atoms with Crippen LogP contribution in [0.1, 0.15) is 35.1 Å². The summed E-state index contributed by atoms with van der Waals surface area (Å²) in [5.41, 5.74) is 6.77. The van der Waals surface area contributed by atoms with E-state index in [2.05, 4.69) is 22.6 Å². The van der Waals surface area contributed by atoms with Crippen LogP contribution in [0.5, 0.6) is 5.75 Å². The summed E-state index contributed by atoms with van der Waals surface area (Å²) in [5, 5.41) is 33.0. The maximum Gasteiger partial charge on any atom is 0.117 e. The molecule has 4 aromatic rings. The highest BCUT2D eigenvalue weighted by atomic mass is 16.3. The van der Waals surface area contributed by atoms with E-state index in [9.17, 15) is 5.11 Å². The van der Waals surface area contributed by atoms with Gasteiger partial charge in [0.15, 0.2) is 0 Å². The van der Waals surface area contributed by atoms with Gasteiger partial charge in [-0.15, -0.1) is 0 Å². The van der Waals surface area contributed by atoms with Crippen molar-refractivity contribution in [3.05, 3.63) is 89.2 Å². The number of aryl methyl sites for hydroxylation is 2. The van der Waals surface area contributed by atoms with E-state index < -0.39 is 0 Å². The van der Waals surface area contributed by atoms with Crippen LogP contribution in [-0.4, -0.2) is 20.9 Å². The molecule has 0 radical (unpaired) electrons. The fraction of sp³-hybridized carbons (Fsp3) is 0.160. The Hall–Kier alpha value is -4.11. The average molecular weight is 409 g/mol. The summed E-state index contributed by atoms with van der Waals surface area (Å²) in [6.45, 7) is 0. The molecule has 1 aliphatic carbocycles. The minimum absolute atomic E-state index is 0.157. The molecular formula is C25H23N5O. The van der Waals surface area contributed by atoms with E-state index >= 15 is 0 Å². The SMILES string of the molecule is N#Cc1ccc2c(c1)CCCC2.N=Cc1ccc(O)cc1Nc1cnn2ccccc12. The van der Waals surface area contributed by atoms with Gasteiger partial charge in [-0.1, -0.05) is 12.1 Å². The van der Waals surface area contributed by atoms with Crippen molar-refractivity contribution in [1.82, 2.24) is 9.61 Å². The Morgan fingerprint density at radius 3 is 2.68 bits per heavy atom. The lowest BCUT2D eigenvalue weighted by atomic mass is 9.91. The van der Waals surface area contributed by atoms with Crippen molar-refractivity contribution in [3.63, 3.8) is 0 Å². The van der Waals surface area contributed by atoms with Crippen molar-refractivity contribution in [3.8, 4) is 11.8 Å². The standard InChI is InChI=1S/C14H12N4O.C11H11N/c15-8-10-4-5-11(19)7-12(10)17-13-9-16-18-6-2-1-3-14(13)18;12-8-9-5-6-10-3-1-2-4-11(10)7-9/h1-9,15,17,19H;5-7H,1-4H2. The van der Waals surface area contributed by atoms with Crippen LogP contribution < -0.4 is 5.32 Å². The molecule has 3 N–H and O–H groups in total. The van der Waals surface area contributed by atoms with Crippen LogP contribution in [0.3, 0.4) is 0 Å². The van der Waals surface area contributed by atoms with Crippen molar-refractivity contribution in [2.75, 3.05) is 5.32 Å². The Labute approximate surface area is 180 Å². The Kier molecular flexibility index (Phi) is 5.95. The minimum atomic E-state index is 0.157. The van der Waals surface area contributed by atoms with Crippen molar-refractivity contribution in [2.24, 2.45) is 0 Å². The number of phenolic OH excluding ortho intramolecular Hbond substituents is 1. The van der Waals surface area contributed by atoms with Gasteiger partial charge in [-0.05, 0) is 73.2 Å². The van der Waals surface area contributed by atoms with Gasteiger partial charge in [-0.3, -0.25) is 0 Å². The average Bonchev–Trinajstić information content (AvgIpc) is 3.22. The monoisotopic (exact) mass is 409 g/mol. The molecule has 154 valence electrons. The second-order valence-corrected chi connectivity index (χ2v) is 7.43. The van der Waals surface area contributed by atoms with Crippen molar-refractivity contribution >= 4 is 23.1 Å². The van der Waals surface area contributed by atoms with Gasteiger partial charge in [-0.2, -0.15) is 10.4 Å². The summed E-state index contributed by atoms with van der Waals surface area (Å²) in [6.07, 6.45) is 9.76. The maximum absolute atomic E-state index is 9.54. The number of aromatic hydroxyl groups is 1. The van der Waals surface area contributed by atoms with Gasteiger partial charge in [0.1, 0.15) is 5.75 Å². The van der Waals surface area contributed by atoms with Gasteiger partial charge in [0.05, 0.1) is 34.7 Å². The Morgan fingerprint density at radius 2 is 1.87 bits per heavy atom. The van der Waals surface area contributed by atoms with E-state index in [0.717, 1.165) is 23.2 Å². The van der Waals surface area contributed by atoms with E-state index in [1.165, 1.54) is 36.6 Å².